The van der Waals surface area contributed by atoms with Crippen molar-refractivity contribution >= 4 is 11.9 Å². The number of carboxylic acid groups (broad SMARTS) is 1. The SMILES string of the molecule is O=C(N[C@@H](C(=O)O)c1ccc2c(c1)CCO2)[C@H]1CCCOC1. The first-order valence-electron chi connectivity index (χ1n) is 7.51. The maximum atomic E-state index is 12.2. The second-order valence-corrected chi connectivity index (χ2v) is 5.66. The molecule has 1 aromatic rings. The van der Waals surface area contributed by atoms with Crippen molar-refractivity contribution in [1.82, 2.24) is 5.32 Å². The zero-order valence-corrected chi connectivity index (χ0v) is 12.2. The number of fused-ring (bicyclic) bond motifs is 1. The number of hydrogen-bond donors (Lipinski definition) is 2. The molecule has 0 unspecified atom stereocenters. The fourth-order valence-electron chi connectivity index (χ4n) is 2.88. The lowest BCUT2D eigenvalue weighted by Gasteiger charge is -2.23. The number of benzene rings is 1. The van der Waals surface area contributed by atoms with E-state index in [0.717, 1.165) is 30.6 Å². The van der Waals surface area contributed by atoms with Gasteiger partial charge in [0, 0.05) is 13.0 Å². The molecule has 0 bridgehead atoms. The van der Waals surface area contributed by atoms with Crippen molar-refractivity contribution in [3.8, 4) is 5.75 Å². The van der Waals surface area contributed by atoms with Gasteiger partial charge < -0.3 is 19.9 Å². The summed E-state index contributed by atoms with van der Waals surface area (Å²) in [5, 5.41) is 12.1. The topological polar surface area (TPSA) is 84.9 Å². The third kappa shape index (κ3) is 3.06. The van der Waals surface area contributed by atoms with Crippen molar-refractivity contribution < 1.29 is 24.2 Å². The van der Waals surface area contributed by atoms with E-state index in [4.69, 9.17) is 9.47 Å². The highest BCUT2D eigenvalue weighted by Crippen LogP contribution is 2.28. The van der Waals surface area contributed by atoms with Crippen LogP contribution in [0.3, 0.4) is 0 Å². The predicted molar refractivity (Wildman–Crippen MR) is 77.7 cm³/mol. The van der Waals surface area contributed by atoms with Crippen LogP contribution in [0.15, 0.2) is 18.2 Å². The minimum absolute atomic E-state index is 0.260. The van der Waals surface area contributed by atoms with E-state index < -0.39 is 12.0 Å². The molecule has 0 radical (unpaired) electrons. The Kier molecular flexibility index (Phi) is 4.29. The minimum Gasteiger partial charge on any atom is -0.493 e. The zero-order valence-electron chi connectivity index (χ0n) is 12.2. The molecule has 6 heteroatoms. The van der Waals surface area contributed by atoms with Crippen molar-refractivity contribution in [1.29, 1.82) is 0 Å². The number of rotatable bonds is 4. The summed E-state index contributed by atoms with van der Waals surface area (Å²) < 4.78 is 10.7. The van der Waals surface area contributed by atoms with Crippen LogP contribution in [0.1, 0.15) is 30.0 Å². The van der Waals surface area contributed by atoms with Gasteiger partial charge in [-0.25, -0.2) is 4.79 Å². The molecule has 2 aliphatic heterocycles. The molecule has 6 nitrogen and oxygen atoms in total. The smallest absolute Gasteiger partial charge is 0.330 e. The fourth-order valence-corrected chi connectivity index (χ4v) is 2.88. The van der Waals surface area contributed by atoms with Crippen LogP contribution in [0.5, 0.6) is 5.75 Å². The normalized spacial score (nSPS) is 21.5. The van der Waals surface area contributed by atoms with E-state index in [0.29, 0.717) is 25.4 Å². The van der Waals surface area contributed by atoms with Crippen LogP contribution in [0, 0.1) is 5.92 Å². The molecule has 1 fully saturated rings. The van der Waals surface area contributed by atoms with Crippen molar-refractivity contribution in [2.75, 3.05) is 19.8 Å². The lowest BCUT2D eigenvalue weighted by Crippen LogP contribution is -2.40. The lowest BCUT2D eigenvalue weighted by molar-refractivity contribution is -0.143. The number of carbonyl (C=O) groups excluding carboxylic acids is 1. The summed E-state index contributed by atoms with van der Waals surface area (Å²) in [5.74, 6) is -0.805. The van der Waals surface area contributed by atoms with Gasteiger partial charge in [0.2, 0.25) is 5.91 Å². The highest BCUT2D eigenvalue weighted by Gasteiger charge is 2.28. The quantitative estimate of drug-likeness (QED) is 0.875. The van der Waals surface area contributed by atoms with E-state index in [1.54, 1.807) is 18.2 Å². The molecule has 118 valence electrons. The van der Waals surface area contributed by atoms with E-state index in [1.165, 1.54) is 0 Å². The van der Waals surface area contributed by atoms with Gasteiger partial charge in [-0.2, -0.15) is 0 Å². The molecule has 0 aromatic heterocycles. The largest absolute Gasteiger partial charge is 0.493 e. The molecule has 3 rings (SSSR count). The maximum absolute atomic E-state index is 12.2. The Bertz CT molecular complexity index is 580. The molecule has 1 amide bonds. The average Bonchev–Trinajstić information content (AvgIpc) is 3.00. The van der Waals surface area contributed by atoms with Crippen molar-refractivity contribution in [2.24, 2.45) is 5.92 Å². The molecule has 22 heavy (non-hydrogen) atoms. The van der Waals surface area contributed by atoms with E-state index >= 15 is 0 Å². The Morgan fingerprint density at radius 2 is 2.18 bits per heavy atom. The van der Waals surface area contributed by atoms with Crippen molar-refractivity contribution in [3.05, 3.63) is 29.3 Å². The van der Waals surface area contributed by atoms with Gasteiger partial charge in [-0.3, -0.25) is 4.79 Å². The van der Waals surface area contributed by atoms with Gasteiger partial charge in [0.25, 0.3) is 0 Å². The molecule has 0 saturated carbocycles. The van der Waals surface area contributed by atoms with E-state index in [9.17, 15) is 14.7 Å². The first kappa shape index (κ1) is 14.8. The van der Waals surface area contributed by atoms with E-state index in [1.807, 2.05) is 0 Å². The Hall–Kier alpha value is -2.08. The third-order valence-electron chi connectivity index (χ3n) is 4.11. The van der Waals surface area contributed by atoms with Gasteiger partial charge in [0.05, 0.1) is 19.1 Å². The second-order valence-electron chi connectivity index (χ2n) is 5.66. The monoisotopic (exact) mass is 305 g/mol. The lowest BCUT2D eigenvalue weighted by atomic mass is 9.98. The molecule has 0 aliphatic carbocycles. The molecule has 1 aromatic carbocycles. The van der Waals surface area contributed by atoms with Gasteiger partial charge in [0.15, 0.2) is 6.04 Å². The highest BCUT2D eigenvalue weighted by molar-refractivity contribution is 5.86. The van der Waals surface area contributed by atoms with Gasteiger partial charge in [0.1, 0.15) is 5.75 Å². The number of hydrogen-bond acceptors (Lipinski definition) is 4. The first-order valence-corrected chi connectivity index (χ1v) is 7.51. The molecule has 2 N–H and O–H groups in total. The predicted octanol–water partition coefficient (Wildman–Crippen LogP) is 1.29. The molecule has 0 spiro atoms. The summed E-state index contributed by atoms with van der Waals surface area (Å²) in [7, 11) is 0. The Balaban J connectivity index is 1.75. The summed E-state index contributed by atoms with van der Waals surface area (Å²) >= 11 is 0. The van der Waals surface area contributed by atoms with Crippen LogP contribution in [0.4, 0.5) is 0 Å². The summed E-state index contributed by atoms with van der Waals surface area (Å²) in [5.41, 5.74) is 1.56. The highest BCUT2D eigenvalue weighted by atomic mass is 16.5. The number of nitrogens with one attached hydrogen (secondary N) is 1. The Morgan fingerprint density at radius 3 is 2.91 bits per heavy atom. The zero-order chi connectivity index (χ0) is 15.5. The third-order valence-corrected chi connectivity index (χ3v) is 4.11. The van der Waals surface area contributed by atoms with Crippen LogP contribution >= 0.6 is 0 Å². The second kappa shape index (κ2) is 6.36. The summed E-state index contributed by atoms with van der Waals surface area (Å²) in [6.07, 6.45) is 2.32. The first-order chi connectivity index (χ1) is 10.6. The number of ether oxygens (including phenoxy) is 2. The molecular weight excluding hydrogens is 286 g/mol. The minimum atomic E-state index is -1.07. The van der Waals surface area contributed by atoms with E-state index in [-0.39, 0.29) is 11.8 Å². The van der Waals surface area contributed by atoms with Gasteiger partial charge in [-0.1, -0.05) is 6.07 Å². The van der Waals surface area contributed by atoms with E-state index in [2.05, 4.69) is 5.32 Å². The number of carbonyl (C=O) groups is 2. The molecule has 1 saturated heterocycles. The fraction of sp³-hybridized carbons (Fsp3) is 0.500. The number of aliphatic carboxylic acids is 1. The summed E-state index contributed by atoms with van der Waals surface area (Å²) in [6.45, 7) is 1.63. The number of amides is 1. The maximum Gasteiger partial charge on any atom is 0.330 e. The van der Waals surface area contributed by atoms with Crippen LogP contribution in [-0.4, -0.2) is 36.8 Å². The van der Waals surface area contributed by atoms with Gasteiger partial charge in [-0.05, 0) is 36.1 Å². The Labute approximate surface area is 128 Å². The Morgan fingerprint density at radius 1 is 1.32 bits per heavy atom. The van der Waals surface area contributed by atoms with Gasteiger partial charge >= 0.3 is 5.97 Å². The molecule has 2 heterocycles. The van der Waals surface area contributed by atoms with Crippen LogP contribution in [0.25, 0.3) is 0 Å². The van der Waals surface area contributed by atoms with Gasteiger partial charge in [-0.15, -0.1) is 0 Å². The van der Waals surface area contributed by atoms with Crippen LogP contribution in [0.2, 0.25) is 0 Å². The van der Waals surface area contributed by atoms with Crippen LogP contribution < -0.4 is 10.1 Å². The van der Waals surface area contributed by atoms with Crippen molar-refractivity contribution in [2.45, 2.75) is 25.3 Å². The number of carboxylic acids is 1. The van der Waals surface area contributed by atoms with Crippen molar-refractivity contribution in [3.63, 3.8) is 0 Å². The molecule has 2 atom stereocenters. The molecule has 2 aliphatic rings. The van der Waals surface area contributed by atoms with Crippen LogP contribution in [-0.2, 0) is 20.7 Å². The summed E-state index contributed by atoms with van der Waals surface area (Å²) in [4.78, 5) is 23.8. The average molecular weight is 305 g/mol. The summed E-state index contributed by atoms with van der Waals surface area (Å²) in [6, 6.07) is 4.23. The molecular formula is C16H19NO5. The standard InChI is InChI=1S/C16H19NO5/c18-15(12-2-1-6-21-9-12)17-14(16(19)20)11-3-4-13-10(8-11)5-7-22-13/h3-4,8,12,14H,1-2,5-7,9H2,(H,17,18)(H,19,20)/t12-,14+/m0/s1.